The van der Waals surface area contributed by atoms with Crippen molar-refractivity contribution in [3.63, 3.8) is 0 Å². The van der Waals surface area contributed by atoms with Crippen molar-refractivity contribution in [2.75, 3.05) is 13.2 Å². The Labute approximate surface area is 122 Å². The van der Waals surface area contributed by atoms with E-state index >= 15 is 0 Å². The number of nitrogens with two attached hydrogens (primary N) is 1. The lowest BCUT2D eigenvalue weighted by atomic mass is 9.97. The first-order valence-corrected chi connectivity index (χ1v) is 7.37. The highest BCUT2D eigenvalue weighted by molar-refractivity contribution is 5.85. The van der Waals surface area contributed by atoms with Gasteiger partial charge in [0, 0.05) is 19.6 Å². The molecule has 0 aromatic heterocycles. The normalized spacial score (nSPS) is 25.6. The Hall–Kier alpha value is -0.320. The van der Waals surface area contributed by atoms with Gasteiger partial charge >= 0.3 is 0 Å². The van der Waals surface area contributed by atoms with Crippen molar-refractivity contribution in [2.45, 2.75) is 69.4 Å². The highest BCUT2D eigenvalue weighted by Gasteiger charge is 2.33. The zero-order chi connectivity index (χ0) is 12.8. The van der Waals surface area contributed by atoms with Crippen LogP contribution in [-0.4, -0.2) is 30.7 Å². The molecule has 1 atom stereocenters. The fourth-order valence-corrected chi connectivity index (χ4v) is 3.12. The van der Waals surface area contributed by atoms with E-state index in [0.29, 0.717) is 19.1 Å². The van der Waals surface area contributed by atoms with E-state index < -0.39 is 0 Å². The molecular weight excluding hydrogens is 264 g/mol. The van der Waals surface area contributed by atoms with E-state index in [1.54, 1.807) is 0 Å². The van der Waals surface area contributed by atoms with Gasteiger partial charge in [-0.25, -0.2) is 0 Å². The van der Waals surface area contributed by atoms with Crippen LogP contribution >= 0.6 is 12.4 Å². The summed E-state index contributed by atoms with van der Waals surface area (Å²) in [5.74, 6) is 0.150. The molecule has 1 saturated heterocycles. The predicted octanol–water partition coefficient (Wildman–Crippen LogP) is 2.15. The minimum atomic E-state index is -0.107. The maximum atomic E-state index is 12.0. The van der Waals surface area contributed by atoms with Gasteiger partial charge in [-0.05, 0) is 38.5 Å². The van der Waals surface area contributed by atoms with Gasteiger partial charge in [0.2, 0.25) is 5.91 Å². The molecule has 1 unspecified atom stereocenters. The molecule has 0 radical (unpaired) electrons. The van der Waals surface area contributed by atoms with Crippen LogP contribution in [0.25, 0.3) is 0 Å². The van der Waals surface area contributed by atoms with Crippen molar-refractivity contribution >= 4 is 18.3 Å². The summed E-state index contributed by atoms with van der Waals surface area (Å²) < 4.78 is 5.65. The van der Waals surface area contributed by atoms with Crippen molar-refractivity contribution in [2.24, 2.45) is 5.73 Å². The zero-order valence-corrected chi connectivity index (χ0v) is 12.5. The molecule has 3 N–H and O–H groups in total. The summed E-state index contributed by atoms with van der Waals surface area (Å²) in [5, 5.41) is 3.16. The fourth-order valence-electron chi connectivity index (χ4n) is 3.12. The van der Waals surface area contributed by atoms with Crippen LogP contribution in [0.1, 0.15) is 57.8 Å². The number of amides is 1. The second-order valence-corrected chi connectivity index (χ2v) is 5.77. The van der Waals surface area contributed by atoms with Crippen molar-refractivity contribution in [3.8, 4) is 0 Å². The Balaban J connectivity index is 0.00000180. The van der Waals surface area contributed by atoms with E-state index in [9.17, 15) is 4.79 Å². The van der Waals surface area contributed by atoms with E-state index in [2.05, 4.69) is 5.32 Å². The Morgan fingerprint density at radius 3 is 2.58 bits per heavy atom. The molecule has 0 aromatic rings. The van der Waals surface area contributed by atoms with Gasteiger partial charge in [0.1, 0.15) is 0 Å². The van der Waals surface area contributed by atoms with E-state index in [-0.39, 0.29) is 23.9 Å². The molecule has 2 rings (SSSR count). The van der Waals surface area contributed by atoms with E-state index in [4.69, 9.17) is 10.5 Å². The lowest BCUT2D eigenvalue weighted by Gasteiger charge is -2.29. The first-order valence-electron chi connectivity index (χ1n) is 7.37. The molecule has 19 heavy (non-hydrogen) atoms. The monoisotopic (exact) mass is 290 g/mol. The van der Waals surface area contributed by atoms with Gasteiger partial charge in [-0.2, -0.15) is 0 Å². The molecule has 1 amide bonds. The average Bonchev–Trinajstić information content (AvgIpc) is 2.87. The molecule has 2 aliphatic rings. The molecule has 112 valence electrons. The number of halogens is 1. The summed E-state index contributed by atoms with van der Waals surface area (Å²) in [5.41, 5.74) is 5.71. The van der Waals surface area contributed by atoms with Crippen LogP contribution in [0, 0.1) is 0 Å². The fraction of sp³-hybridized carbons (Fsp3) is 0.929. The summed E-state index contributed by atoms with van der Waals surface area (Å²) in [6.45, 7) is 1.43. The standard InChI is InChI=1S/C14H26N2O2.ClH/c15-11-14(8-2-3-9-14)16-13(17)7-6-12-5-1-4-10-18-12;/h12H,1-11,15H2,(H,16,17);1H. The van der Waals surface area contributed by atoms with Crippen LogP contribution < -0.4 is 11.1 Å². The number of nitrogens with one attached hydrogen (secondary N) is 1. The Bertz CT molecular complexity index is 275. The topological polar surface area (TPSA) is 64.3 Å². The second-order valence-electron chi connectivity index (χ2n) is 5.77. The Morgan fingerprint density at radius 1 is 1.26 bits per heavy atom. The van der Waals surface area contributed by atoms with Crippen LogP contribution in [-0.2, 0) is 9.53 Å². The lowest BCUT2D eigenvalue weighted by molar-refractivity contribution is -0.123. The number of rotatable bonds is 5. The molecule has 5 heteroatoms. The molecule has 0 aromatic carbocycles. The zero-order valence-electron chi connectivity index (χ0n) is 11.7. The highest BCUT2D eigenvalue weighted by atomic mass is 35.5. The Morgan fingerprint density at radius 2 is 2.00 bits per heavy atom. The number of ether oxygens (including phenoxy) is 1. The van der Waals surface area contributed by atoms with Crippen molar-refractivity contribution in [3.05, 3.63) is 0 Å². The molecule has 2 fully saturated rings. The molecule has 1 saturated carbocycles. The SMILES string of the molecule is Cl.NCC1(NC(=O)CCC2CCCCO2)CCCC1. The van der Waals surface area contributed by atoms with Crippen LogP contribution in [0.3, 0.4) is 0 Å². The third kappa shape index (κ3) is 4.93. The van der Waals surface area contributed by atoms with Gasteiger partial charge < -0.3 is 15.8 Å². The second kappa shape index (κ2) is 8.08. The molecule has 0 spiro atoms. The average molecular weight is 291 g/mol. The highest BCUT2D eigenvalue weighted by Crippen LogP contribution is 2.28. The van der Waals surface area contributed by atoms with Crippen LogP contribution in [0.5, 0.6) is 0 Å². The smallest absolute Gasteiger partial charge is 0.220 e. The lowest BCUT2D eigenvalue weighted by Crippen LogP contribution is -2.51. The van der Waals surface area contributed by atoms with Crippen molar-refractivity contribution in [1.29, 1.82) is 0 Å². The minimum absolute atomic E-state index is 0. The Kier molecular flexibility index (Phi) is 7.11. The van der Waals surface area contributed by atoms with Crippen molar-refractivity contribution in [1.82, 2.24) is 5.32 Å². The van der Waals surface area contributed by atoms with Gasteiger partial charge in [-0.15, -0.1) is 12.4 Å². The number of carbonyl (C=O) groups is 1. The van der Waals surface area contributed by atoms with E-state index in [1.807, 2.05) is 0 Å². The summed E-state index contributed by atoms with van der Waals surface area (Å²) >= 11 is 0. The molecular formula is C14H27ClN2O2. The van der Waals surface area contributed by atoms with E-state index in [0.717, 1.165) is 32.3 Å². The van der Waals surface area contributed by atoms with Gasteiger partial charge in [-0.1, -0.05) is 12.8 Å². The first-order chi connectivity index (χ1) is 8.74. The van der Waals surface area contributed by atoms with E-state index in [1.165, 1.54) is 25.7 Å². The summed E-state index contributed by atoms with van der Waals surface area (Å²) in [6.07, 6.45) is 9.67. The van der Waals surface area contributed by atoms with Crippen LogP contribution in [0.15, 0.2) is 0 Å². The number of carbonyl (C=O) groups excluding carboxylic acids is 1. The summed E-state index contributed by atoms with van der Waals surface area (Å²) in [6, 6.07) is 0. The molecule has 4 nitrogen and oxygen atoms in total. The van der Waals surface area contributed by atoms with Gasteiger partial charge in [0.15, 0.2) is 0 Å². The van der Waals surface area contributed by atoms with Gasteiger partial charge in [-0.3, -0.25) is 4.79 Å². The molecule has 1 aliphatic heterocycles. The number of hydrogen-bond acceptors (Lipinski definition) is 3. The summed E-state index contributed by atoms with van der Waals surface area (Å²) in [7, 11) is 0. The first kappa shape index (κ1) is 16.7. The van der Waals surface area contributed by atoms with Crippen LogP contribution in [0.2, 0.25) is 0 Å². The maximum Gasteiger partial charge on any atom is 0.220 e. The summed E-state index contributed by atoms with van der Waals surface area (Å²) in [4.78, 5) is 12.0. The quantitative estimate of drug-likeness (QED) is 0.815. The third-order valence-electron chi connectivity index (χ3n) is 4.32. The number of hydrogen-bond donors (Lipinski definition) is 2. The van der Waals surface area contributed by atoms with Crippen molar-refractivity contribution < 1.29 is 9.53 Å². The maximum absolute atomic E-state index is 12.0. The van der Waals surface area contributed by atoms with Gasteiger partial charge in [0.05, 0.1) is 11.6 Å². The molecule has 1 heterocycles. The molecule has 1 aliphatic carbocycles. The molecule has 0 bridgehead atoms. The predicted molar refractivity (Wildman–Crippen MR) is 78.5 cm³/mol. The largest absolute Gasteiger partial charge is 0.378 e. The minimum Gasteiger partial charge on any atom is -0.378 e. The third-order valence-corrected chi connectivity index (χ3v) is 4.32. The van der Waals surface area contributed by atoms with Crippen LogP contribution in [0.4, 0.5) is 0 Å². The van der Waals surface area contributed by atoms with Gasteiger partial charge in [0.25, 0.3) is 0 Å².